The van der Waals surface area contributed by atoms with Crippen molar-refractivity contribution in [3.05, 3.63) is 23.7 Å². The van der Waals surface area contributed by atoms with Gasteiger partial charge in [-0.25, -0.2) is 0 Å². The van der Waals surface area contributed by atoms with E-state index in [1.807, 2.05) is 13.0 Å². The third-order valence-electron chi connectivity index (χ3n) is 3.78. The van der Waals surface area contributed by atoms with Gasteiger partial charge in [0, 0.05) is 24.5 Å². The summed E-state index contributed by atoms with van der Waals surface area (Å²) in [5.41, 5.74) is 0.0585. The second-order valence-electron chi connectivity index (χ2n) is 6.07. The lowest BCUT2D eigenvalue weighted by atomic mass is 9.90. The van der Waals surface area contributed by atoms with Gasteiger partial charge in [-0.05, 0) is 38.4 Å². The highest BCUT2D eigenvalue weighted by molar-refractivity contribution is 5.15. The molecule has 2 rings (SSSR count). The smallest absolute Gasteiger partial charge is 0.111 e. The zero-order valence-electron chi connectivity index (χ0n) is 11.9. The summed E-state index contributed by atoms with van der Waals surface area (Å²) in [7, 11) is 0. The van der Waals surface area contributed by atoms with Crippen LogP contribution < -0.4 is 10.6 Å². The number of piperidine rings is 1. The number of hydrogen-bond donors (Lipinski definition) is 2. The van der Waals surface area contributed by atoms with E-state index in [0.29, 0.717) is 6.04 Å². The molecular formula is C15H26N2O. The van der Waals surface area contributed by atoms with Crippen LogP contribution in [-0.2, 0) is 5.41 Å². The molecule has 0 saturated carbocycles. The average molecular weight is 250 g/mol. The van der Waals surface area contributed by atoms with Crippen LogP contribution in [0.2, 0.25) is 0 Å². The largest absolute Gasteiger partial charge is 0.466 e. The summed E-state index contributed by atoms with van der Waals surface area (Å²) in [6.07, 6.45) is 3.99. The van der Waals surface area contributed by atoms with E-state index in [-0.39, 0.29) is 5.41 Å². The molecule has 0 spiro atoms. The van der Waals surface area contributed by atoms with E-state index in [0.717, 1.165) is 24.6 Å². The Labute approximate surface area is 110 Å². The van der Waals surface area contributed by atoms with Gasteiger partial charge in [0.1, 0.15) is 11.5 Å². The van der Waals surface area contributed by atoms with Crippen LogP contribution in [0.1, 0.15) is 44.6 Å². The molecule has 3 heteroatoms. The highest BCUT2D eigenvalue weighted by atomic mass is 16.3. The average Bonchev–Trinajstić information content (AvgIpc) is 2.78. The summed E-state index contributed by atoms with van der Waals surface area (Å²) in [6, 6.07) is 4.78. The molecule has 1 atom stereocenters. The van der Waals surface area contributed by atoms with Crippen LogP contribution in [0.25, 0.3) is 0 Å². The Hall–Kier alpha value is -0.800. The SMILES string of the molecule is Cc1ccc(C(C)(C)CNCC2CCCCN2)o1. The number of nitrogens with one attached hydrogen (secondary N) is 2. The minimum atomic E-state index is 0.0585. The van der Waals surface area contributed by atoms with E-state index in [1.54, 1.807) is 0 Å². The third-order valence-corrected chi connectivity index (χ3v) is 3.78. The summed E-state index contributed by atoms with van der Waals surface area (Å²) < 4.78 is 5.74. The molecule has 1 saturated heterocycles. The Bertz CT molecular complexity index is 364. The molecule has 1 aliphatic heterocycles. The molecule has 0 amide bonds. The van der Waals surface area contributed by atoms with Crippen LogP contribution in [0.4, 0.5) is 0 Å². The highest BCUT2D eigenvalue weighted by Crippen LogP contribution is 2.24. The normalized spacial score (nSPS) is 21.2. The van der Waals surface area contributed by atoms with E-state index in [1.165, 1.54) is 25.8 Å². The van der Waals surface area contributed by atoms with Crippen molar-refractivity contribution in [3.63, 3.8) is 0 Å². The lowest BCUT2D eigenvalue weighted by molar-refractivity contribution is 0.334. The van der Waals surface area contributed by atoms with Crippen molar-refractivity contribution in [2.45, 2.75) is 51.5 Å². The van der Waals surface area contributed by atoms with E-state index in [9.17, 15) is 0 Å². The third kappa shape index (κ3) is 3.59. The molecule has 1 aromatic rings. The van der Waals surface area contributed by atoms with E-state index >= 15 is 0 Å². The Kier molecular flexibility index (Phi) is 4.46. The van der Waals surface area contributed by atoms with Gasteiger partial charge in [-0.1, -0.05) is 20.3 Å². The van der Waals surface area contributed by atoms with Gasteiger partial charge in [0.2, 0.25) is 0 Å². The lowest BCUT2D eigenvalue weighted by Gasteiger charge is -2.27. The second kappa shape index (κ2) is 5.89. The van der Waals surface area contributed by atoms with Crippen LogP contribution in [0.3, 0.4) is 0 Å². The molecule has 102 valence electrons. The van der Waals surface area contributed by atoms with Gasteiger partial charge in [0.15, 0.2) is 0 Å². The van der Waals surface area contributed by atoms with Crippen molar-refractivity contribution in [1.82, 2.24) is 10.6 Å². The van der Waals surface area contributed by atoms with Crippen molar-refractivity contribution < 1.29 is 4.42 Å². The molecule has 2 N–H and O–H groups in total. The van der Waals surface area contributed by atoms with Crippen LogP contribution in [0.15, 0.2) is 16.5 Å². The van der Waals surface area contributed by atoms with Crippen molar-refractivity contribution >= 4 is 0 Å². The number of aryl methyl sites for hydroxylation is 1. The summed E-state index contributed by atoms with van der Waals surface area (Å²) in [5.74, 6) is 2.07. The maximum absolute atomic E-state index is 5.74. The van der Waals surface area contributed by atoms with Crippen molar-refractivity contribution in [2.75, 3.05) is 19.6 Å². The Morgan fingerprint density at radius 1 is 1.39 bits per heavy atom. The van der Waals surface area contributed by atoms with Gasteiger partial charge >= 0.3 is 0 Å². The van der Waals surface area contributed by atoms with Crippen LogP contribution in [0.5, 0.6) is 0 Å². The second-order valence-corrected chi connectivity index (χ2v) is 6.07. The zero-order chi connectivity index (χ0) is 13.0. The zero-order valence-corrected chi connectivity index (χ0v) is 11.9. The molecule has 3 nitrogen and oxygen atoms in total. The number of hydrogen-bond acceptors (Lipinski definition) is 3. The Morgan fingerprint density at radius 3 is 2.83 bits per heavy atom. The maximum Gasteiger partial charge on any atom is 0.111 e. The molecular weight excluding hydrogens is 224 g/mol. The van der Waals surface area contributed by atoms with E-state index in [4.69, 9.17) is 4.42 Å². The first-order valence-corrected chi connectivity index (χ1v) is 7.09. The minimum Gasteiger partial charge on any atom is -0.466 e. The molecule has 1 aromatic heterocycles. The quantitative estimate of drug-likeness (QED) is 0.843. The van der Waals surface area contributed by atoms with Gasteiger partial charge in [-0.15, -0.1) is 0 Å². The van der Waals surface area contributed by atoms with Gasteiger partial charge in [0.05, 0.1) is 0 Å². The summed E-state index contributed by atoms with van der Waals surface area (Å²) in [4.78, 5) is 0. The predicted molar refractivity (Wildman–Crippen MR) is 75.0 cm³/mol. The molecule has 0 radical (unpaired) electrons. The van der Waals surface area contributed by atoms with Gasteiger partial charge in [-0.3, -0.25) is 0 Å². The van der Waals surface area contributed by atoms with Gasteiger partial charge in [-0.2, -0.15) is 0 Å². The molecule has 2 heterocycles. The lowest BCUT2D eigenvalue weighted by Crippen LogP contribution is -2.44. The topological polar surface area (TPSA) is 37.2 Å². The summed E-state index contributed by atoms with van der Waals surface area (Å²) >= 11 is 0. The molecule has 0 aromatic carbocycles. The summed E-state index contributed by atoms with van der Waals surface area (Å²) in [6.45, 7) is 9.65. The maximum atomic E-state index is 5.74. The van der Waals surface area contributed by atoms with E-state index < -0.39 is 0 Å². The van der Waals surface area contributed by atoms with Gasteiger partial charge < -0.3 is 15.1 Å². The number of rotatable bonds is 5. The predicted octanol–water partition coefficient (Wildman–Crippen LogP) is 2.60. The summed E-state index contributed by atoms with van der Waals surface area (Å²) in [5, 5.41) is 7.14. The first kappa shape index (κ1) is 13.6. The molecule has 0 aliphatic carbocycles. The molecule has 0 bridgehead atoms. The monoisotopic (exact) mass is 250 g/mol. The molecule has 1 fully saturated rings. The van der Waals surface area contributed by atoms with Crippen molar-refractivity contribution in [3.8, 4) is 0 Å². The molecule has 1 unspecified atom stereocenters. The van der Waals surface area contributed by atoms with Crippen LogP contribution in [-0.4, -0.2) is 25.7 Å². The fourth-order valence-electron chi connectivity index (χ4n) is 2.54. The first-order chi connectivity index (χ1) is 8.58. The standard InChI is InChI=1S/C15H26N2O/c1-12-7-8-14(18-12)15(2,3)11-16-10-13-6-4-5-9-17-13/h7-8,13,16-17H,4-6,9-11H2,1-3H3. The highest BCUT2D eigenvalue weighted by Gasteiger charge is 2.24. The molecule has 1 aliphatic rings. The van der Waals surface area contributed by atoms with Crippen LogP contribution >= 0.6 is 0 Å². The molecule has 18 heavy (non-hydrogen) atoms. The fraction of sp³-hybridized carbons (Fsp3) is 0.733. The van der Waals surface area contributed by atoms with Gasteiger partial charge in [0.25, 0.3) is 0 Å². The first-order valence-electron chi connectivity index (χ1n) is 7.09. The fourth-order valence-corrected chi connectivity index (χ4v) is 2.54. The van der Waals surface area contributed by atoms with Crippen molar-refractivity contribution in [2.24, 2.45) is 0 Å². The van der Waals surface area contributed by atoms with Crippen molar-refractivity contribution in [1.29, 1.82) is 0 Å². The van der Waals surface area contributed by atoms with Crippen LogP contribution in [0, 0.1) is 6.92 Å². The Morgan fingerprint density at radius 2 is 2.22 bits per heavy atom. The Balaban J connectivity index is 1.78. The number of furan rings is 1. The van der Waals surface area contributed by atoms with E-state index in [2.05, 4.69) is 30.5 Å². The minimum absolute atomic E-state index is 0.0585.